The third-order valence-electron chi connectivity index (χ3n) is 2.35. The van der Waals surface area contributed by atoms with Crippen molar-refractivity contribution < 1.29 is 13.0 Å². The summed E-state index contributed by atoms with van der Waals surface area (Å²) in [7, 11) is -4.30. The molecular weight excluding hydrogens is 228 g/mol. The quantitative estimate of drug-likeness (QED) is 0.512. The fourth-order valence-corrected chi connectivity index (χ4v) is 2.37. The smallest absolute Gasteiger partial charge is 0.295 e. The van der Waals surface area contributed by atoms with Gasteiger partial charge in [-0.2, -0.15) is 8.42 Å². The van der Waals surface area contributed by atoms with Crippen molar-refractivity contribution in [2.75, 3.05) is 11.5 Å². The lowest BCUT2D eigenvalue weighted by atomic mass is 10.1. The average Bonchev–Trinajstić information content (AvgIpc) is 2.18. The summed E-state index contributed by atoms with van der Waals surface area (Å²) in [5, 5.41) is 0.764. The number of fused-ring (bicyclic) bond motifs is 1. The molecule has 6 heteroatoms. The normalized spacial score (nSPS) is 11.8. The van der Waals surface area contributed by atoms with Crippen LogP contribution in [0.1, 0.15) is 0 Å². The van der Waals surface area contributed by atoms with E-state index >= 15 is 0 Å². The first-order chi connectivity index (χ1) is 7.41. The van der Waals surface area contributed by atoms with Crippen LogP contribution in [0.3, 0.4) is 0 Å². The minimum atomic E-state index is -4.30. The van der Waals surface area contributed by atoms with Gasteiger partial charge >= 0.3 is 0 Å². The summed E-state index contributed by atoms with van der Waals surface area (Å²) < 4.78 is 31.4. The predicted octanol–water partition coefficient (Wildman–Crippen LogP) is 1.25. The van der Waals surface area contributed by atoms with Crippen molar-refractivity contribution in [3.63, 3.8) is 0 Å². The molecule has 0 atom stereocenters. The van der Waals surface area contributed by atoms with Crippen molar-refractivity contribution in [1.29, 1.82) is 0 Å². The first kappa shape index (κ1) is 10.7. The summed E-state index contributed by atoms with van der Waals surface area (Å²) in [6, 6.07) is 7.53. The molecule has 0 radical (unpaired) electrons. The Morgan fingerprint density at radius 1 is 1.00 bits per heavy atom. The number of rotatable bonds is 1. The molecule has 0 spiro atoms. The van der Waals surface area contributed by atoms with Crippen LogP contribution in [0.15, 0.2) is 35.2 Å². The fourth-order valence-electron chi connectivity index (χ4n) is 1.64. The number of anilines is 2. The molecule has 2 aromatic rings. The lowest BCUT2D eigenvalue weighted by molar-refractivity contribution is 0.484. The first-order valence-corrected chi connectivity index (χ1v) is 5.89. The molecule has 0 fully saturated rings. The zero-order valence-electron chi connectivity index (χ0n) is 8.21. The highest BCUT2D eigenvalue weighted by atomic mass is 32.2. The molecule has 0 aliphatic rings. The van der Waals surface area contributed by atoms with Gasteiger partial charge in [-0.25, -0.2) is 0 Å². The van der Waals surface area contributed by atoms with Crippen molar-refractivity contribution in [1.82, 2.24) is 0 Å². The van der Waals surface area contributed by atoms with Crippen molar-refractivity contribution in [2.45, 2.75) is 4.90 Å². The second kappa shape index (κ2) is 3.36. The van der Waals surface area contributed by atoms with Crippen LogP contribution in [0, 0.1) is 0 Å². The molecule has 2 rings (SSSR count). The molecule has 16 heavy (non-hydrogen) atoms. The van der Waals surface area contributed by atoms with Crippen LogP contribution in [0.25, 0.3) is 10.8 Å². The van der Waals surface area contributed by atoms with Crippen LogP contribution in [-0.2, 0) is 10.1 Å². The number of hydrogen-bond donors (Lipinski definition) is 3. The van der Waals surface area contributed by atoms with Gasteiger partial charge in [-0.15, -0.1) is 0 Å². The van der Waals surface area contributed by atoms with Gasteiger partial charge in [-0.1, -0.05) is 12.1 Å². The van der Waals surface area contributed by atoms with E-state index in [1.807, 2.05) is 0 Å². The zero-order valence-corrected chi connectivity index (χ0v) is 9.03. The van der Waals surface area contributed by atoms with Crippen LogP contribution in [-0.4, -0.2) is 13.0 Å². The van der Waals surface area contributed by atoms with Crippen LogP contribution in [0.2, 0.25) is 0 Å². The van der Waals surface area contributed by atoms with Gasteiger partial charge in [0.1, 0.15) is 4.90 Å². The highest BCUT2D eigenvalue weighted by Crippen LogP contribution is 2.31. The summed E-state index contributed by atoms with van der Waals surface area (Å²) in [5.41, 5.74) is 12.1. The molecule has 0 amide bonds. The van der Waals surface area contributed by atoms with Crippen molar-refractivity contribution in [3.8, 4) is 0 Å². The van der Waals surface area contributed by atoms with Crippen molar-refractivity contribution in [2.24, 2.45) is 0 Å². The highest BCUT2D eigenvalue weighted by molar-refractivity contribution is 7.86. The Hall–Kier alpha value is -1.79. The maximum absolute atomic E-state index is 11.2. The maximum Gasteiger partial charge on any atom is 0.295 e. The lowest BCUT2D eigenvalue weighted by Crippen LogP contribution is -2.02. The molecular formula is C10H10N2O3S. The van der Waals surface area contributed by atoms with E-state index in [-0.39, 0.29) is 16.0 Å². The third-order valence-corrected chi connectivity index (χ3v) is 3.24. The molecule has 0 unspecified atom stereocenters. The van der Waals surface area contributed by atoms with E-state index in [0.29, 0.717) is 11.1 Å². The van der Waals surface area contributed by atoms with E-state index in [0.717, 1.165) is 0 Å². The Bertz CT molecular complexity index is 665. The van der Waals surface area contributed by atoms with Crippen molar-refractivity contribution >= 4 is 32.3 Å². The van der Waals surface area contributed by atoms with Gasteiger partial charge in [-0.3, -0.25) is 4.55 Å². The largest absolute Gasteiger partial charge is 0.398 e. The highest BCUT2D eigenvalue weighted by Gasteiger charge is 2.16. The Labute approximate surface area is 92.4 Å². The Morgan fingerprint density at radius 3 is 2.31 bits per heavy atom. The molecule has 5 nitrogen and oxygen atoms in total. The number of hydrogen-bond acceptors (Lipinski definition) is 4. The van der Waals surface area contributed by atoms with Gasteiger partial charge in [0.2, 0.25) is 0 Å². The molecule has 0 aliphatic carbocycles. The van der Waals surface area contributed by atoms with Gasteiger partial charge in [0.15, 0.2) is 0 Å². The summed E-state index contributed by atoms with van der Waals surface area (Å²) in [4.78, 5) is -0.227. The monoisotopic (exact) mass is 238 g/mol. The van der Waals surface area contributed by atoms with Crippen molar-refractivity contribution in [3.05, 3.63) is 30.3 Å². The van der Waals surface area contributed by atoms with Gasteiger partial charge in [0.25, 0.3) is 10.1 Å². The molecule has 5 N–H and O–H groups in total. The van der Waals surface area contributed by atoms with Crippen LogP contribution >= 0.6 is 0 Å². The third kappa shape index (κ3) is 1.58. The van der Waals surface area contributed by atoms with E-state index in [1.54, 1.807) is 18.2 Å². The predicted molar refractivity (Wildman–Crippen MR) is 62.6 cm³/mol. The Balaban J connectivity index is 3.04. The Kier molecular flexibility index (Phi) is 2.25. The molecule has 0 saturated carbocycles. The fraction of sp³-hybridized carbons (Fsp3) is 0. The minimum absolute atomic E-state index is 0.227. The van der Waals surface area contributed by atoms with E-state index in [4.69, 9.17) is 16.0 Å². The Morgan fingerprint density at radius 2 is 1.69 bits per heavy atom. The topological polar surface area (TPSA) is 106 Å². The summed E-state index contributed by atoms with van der Waals surface area (Å²) in [6.07, 6.45) is 0. The standard InChI is InChI=1S/C10H10N2O3S/c11-7-4-5-9(16(13,14)15)10-6(7)2-1-3-8(10)12/h1-5H,11-12H2,(H,13,14,15). The number of nitrogens with two attached hydrogens (primary N) is 2. The molecule has 84 valence electrons. The molecule has 2 aromatic carbocycles. The van der Waals surface area contributed by atoms with Gasteiger partial charge < -0.3 is 11.5 Å². The van der Waals surface area contributed by atoms with E-state index in [2.05, 4.69) is 0 Å². The van der Waals surface area contributed by atoms with E-state index in [1.165, 1.54) is 12.1 Å². The minimum Gasteiger partial charge on any atom is -0.398 e. The molecule has 0 aromatic heterocycles. The number of benzene rings is 2. The molecule has 0 heterocycles. The summed E-state index contributed by atoms with van der Waals surface area (Å²) in [6.45, 7) is 0. The van der Waals surface area contributed by atoms with Gasteiger partial charge in [0.05, 0.1) is 0 Å². The van der Waals surface area contributed by atoms with Crippen LogP contribution in [0.4, 0.5) is 11.4 Å². The zero-order chi connectivity index (χ0) is 11.9. The second-order valence-electron chi connectivity index (χ2n) is 3.40. The average molecular weight is 238 g/mol. The summed E-state index contributed by atoms with van der Waals surface area (Å²) in [5.74, 6) is 0. The van der Waals surface area contributed by atoms with E-state index < -0.39 is 10.1 Å². The number of nitrogen functional groups attached to an aromatic ring is 2. The van der Waals surface area contributed by atoms with Crippen LogP contribution < -0.4 is 11.5 Å². The van der Waals surface area contributed by atoms with Crippen LogP contribution in [0.5, 0.6) is 0 Å². The van der Waals surface area contributed by atoms with Gasteiger partial charge in [0, 0.05) is 22.1 Å². The molecule has 0 saturated heterocycles. The lowest BCUT2D eigenvalue weighted by Gasteiger charge is -2.08. The molecule has 0 bridgehead atoms. The first-order valence-electron chi connectivity index (χ1n) is 4.45. The van der Waals surface area contributed by atoms with Gasteiger partial charge in [-0.05, 0) is 18.2 Å². The SMILES string of the molecule is Nc1ccc(S(=O)(=O)O)c2c(N)cccc12. The maximum atomic E-state index is 11.2. The summed E-state index contributed by atoms with van der Waals surface area (Å²) >= 11 is 0. The molecule has 0 aliphatic heterocycles. The second-order valence-corrected chi connectivity index (χ2v) is 4.79. The van der Waals surface area contributed by atoms with E-state index in [9.17, 15) is 8.42 Å².